The minimum Gasteiger partial charge on any atom is -0.394 e. The second-order valence-electron chi connectivity index (χ2n) is 6.33. The molecule has 0 spiro atoms. The predicted molar refractivity (Wildman–Crippen MR) is 90.8 cm³/mol. The fraction of sp³-hybridized carbons (Fsp3) is 0.368. The van der Waals surface area contributed by atoms with Crippen molar-refractivity contribution in [3.05, 3.63) is 66.0 Å². The van der Waals surface area contributed by atoms with Crippen molar-refractivity contribution < 1.29 is 9.50 Å². The molecule has 3 nitrogen and oxygen atoms in total. The molecule has 1 aliphatic heterocycles. The standard InChI is InChI=1S/C19H23FN2O/c20-17-6-8-18(9-7-17)21-19(15-23)10-12-22(13-11-19)14-16-4-2-1-3-5-16/h1-9,21,23H,10-15H2. The predicted octanol–water partition coefficient (Wildman–Crippen LogP) is 3.26. The lowest BCUT2D eigenvalue weighted by Crippen LogP contribution is -2.51. The summed E-state index contributed by atoms with van der Waals surface area (Å²) in [6.07, 6.45) is 1.74. The van der Waals surface area contributed by atoms with Crippen LogP contribution < -0.4 is 5.32 Å². The third-order valence-corrected chi connectivity index (χ3v) is 4.62. The van der Waals surface area contributed by atoms with E-state index in [1.807, 2.05) is 6.07 Å². The maximum absolute atomic E-state index is 13.0. The maximum Gasteiger partial charge on any atom is 0.123 e. The van der Waals surface area contributed by atoms with Crippen LogP contribution in [0, 0.1) is 5.82 Å². The first-order valence-corrected chi connectivity index (χ1v) is 8.10. The van der Waals surface area contributed by atoms with Crippen molar-refractivity contribution in [1.29, 1.82) is 0 Å². The van der Waals surface area contributed by atoms with Gasteiger partial charge in [-0.15, -0.1) is 0 Å². The number of anilines is 1. The number of nitrogens with zero attached hydrogens (tertiary/aromatic N) is 1. The highest BCUT2D eigenvalue weighted by Gasteiger charge is 2.33. The SMILES string of the molecule is OCC1(Nc2ccc(F)cc2)CCN(Cc2ccccc2)CC1. The molecule has 0 bridgehead atoms. The molecule has 0 atom stereocenters. The number of piperidine rings is 1. The Morgan fingerprint density at radius 1 is 1.00 bits per heavy atom. The zero-order valence-electron chi connectivity index (χ0n) is 13.2. The smallest absolute Gasteiger partial charge is 0.123 e. The van der Waals surface area contributed by atoms with Gasteiger partial charge in [-0.2, -0.15) is 0 Å². The second kappa shape index (κ2) is 7.11. The van der Waals surface area contributed by atoms with E-state index < -0.39 is 0 Å². The number of aliphatic hydroxyl groups is 1. The van der Waals surface area contributed by atoms with Crippen LogP contribution in [0.25, 0.3) is 0 Å². The molecule has 0 amide bonds. The molecule has 23 heavy (non-hydrogen) atoms. The van der Waals surface area contributed by atoms with Gasteiger partial charge in [0.05, 0.1) is 12.1 Å². The van der Waals surface area contributed by atoms with Crippen LogP contribution in [-0.4, -0.2) is 35.2 Å². The Bertz CT molecular complexity index is 607. The molecule has 122 valence electrons. The molecule has 2 N–H and O–H groups in total. The van der Waals surface area contributed by atoms with E-state index in [0.717, 1.165) is 38.2 Å². The number of hydrogen-bond donors (Lipinski definition) is 2. The summed E-state index contributed by atoms with van der Waals surface area (Å²) >= 11 is 0. The number of nitrogens with one attached hydrogen (secondary N) is 1. The van der Waals surface area contributed by atoms with E-state index in [0.29, 0.717) is 0 Å². The van der Waals surface area contributed by atoms with Crippen molar-refractivity contribution in [2.75, 3.05) is 25.0 Å². The molecule has 1 aliphatic rings. The van der Waals surface area contributed by atoms with Crippen molar-refractivity contribution in [3.8, 4) is 0 Å². The van der Waals surface area contributed by atoms with E-state index >= 15 is 0 Å². The molecule has 0 unspecified atom stereocenters. The summed E-state index contributed by atoms with van der Waals surface area (Å²) in [6.45, 7) is 2.90. The van der Waals surface area contributed by atoms with Crippen LogP contribution in [0.3, 0.4) is 0 Å². The van der Waals surface area contributed by atoms with E-state index in [1.54, 1.807) is 12.1 Å². The first kappa shape index (κ1) is 16.0. The first-order chi connectivity index (χ1) is 11.2. The number of aliphatic hydroxyl groups excluding tert-OH is 1. The van der Waals surface area contributed by atoms with E-state index in [9.17, 15) is 9.50 Å². The summed E-state index contributed by atoms with van der Waals surface area (Å²) in [4.78, 5) is 2.41. The van der Waals surface area contributed by atoms with E-state index in [2.05, 4.69) is 34.5 Å². The third-order valence-electron chi connectivity index (χ3n) is 4.62. The van der Waals surface area contributed by atoms with Crippen LogP contribution in [0.2, 0.25) is 0 Å². The molecule has 0 radical (unpaired) electrons. The van der Waals surface area contributed by atoms with Gasteiger partial charge in [0, 0.05) is 25.3 Å². The van der Waals surface area contributed by atoms with Crippen molar-refractivity contribution >= 4 is 5.69 Å². The molecule has 0 saturated carbocycles. The number of halogens is 1. The Morgan fingerprint density at radius 2 is 1.65 bits per heavy atom. The molecule has 1 saturated heterocycles. The van der Waals surface area contributed by atoms with Gasteiger partial charge in [-0.1, -0.05) is 30.3 Å². The molecule has 4 heteroatoms. The molecule has 3 rings (SSSR count). The highest BCUT2D eigenvalue weighted by atomic mass is 19.1. The fourth-order valence-electron chi connectivity index (χ4n) is 3.14. The first-order valence-electron chi connectivity index (χ1n) is 8.10. The summed E-state index contributed by atoms with van der Waals surface area (Å²) in [6, 6.07) is 16.8. The average Bonchev–Trinajstić information content (AvgIpc) is 2.60. The maximum atomic E-state index is 13.0. The van der Waals surface area contributed by atoms with Gasteiger partial charge < -0.3 is 10.4 Å². The molecule has 2 aromatic rings. The average molecular weight is 314 g/mol. The normalized spacial score (nSPS) is 17.8. The van der Waals surface area contributed by atoms with Crippen LogP contribution in [0.15, 0.2) is 54.6 Å². The Kier molecular flexibility index (Phi) is 4.94. The molecule has 2 aromatic carbocycles. The highest BCUT2D eigenvalue weighted by Crippen LogP contribution is 2.27. The minimum absolute atomic E-state index is 0.0869. The van der Waals surface area contributed by atoms with Gasteiger partial charge in [0.25, 0.3) is 0 Å². The van der Waals surface area contributed by atoms with Gasteiger partial charge in [0.2, 0.25) is 0 Å². The van der Waals surface area contributed by atoms with Crippen molar-refractivity contribution in [2.24, 2.45) is 0 Å². The van der Waals surface area contributed by atoms with Gasteiger partial charge >= 0.3 is 0 Å². The Labute approximate surface area is 136 Å². The lowest BCUT2D eigenvalue weighted by molar-refractivity contribution is 0.115. The molecular weight excluding hydrogens is 291 g/mol. The zero-order chi connectivity index (χ0) is 16.1. The number of benzene rings is 2. The zero-order valence-corrected chi connectivity index (χ0v) is 13.2. The van der Waals surface area contributed by atoms with E-state index in [-0.39, 0.29) is 18.0 Å². The third kappa shape index (κ3) is 4.09. The van der Waals surface area contributed by atoms with Gasteiger partial charge in [0.15, 0.2) is 0 Å². The summed E-state index contributed by atoms with van der Waals surface area (Å²) in [5, 5.41) is 13.3. The van der Waals surface area contributed by atoms with Crippen molar-refractivity contribution in [1.82, 2.24) is 4.90 Å². The molecule has 0 aromatic heterocycles. The van der Waals surface area contributed by atoms with Gasteiger partial charge in [-0.25, -0.2) is 4.39 Å². The summed E-state index contributed by atoms with van der Waals surface area (Å²) < 4.78 is 13.0. The van der Waals surface area contributed by atoms with Crippen LogP contribution in [0.1, 0.15) is 18.4 Å². The largest absolute Gasteiger partial charge is 0.394 e. The number of rotatable bonds is 5. The Hall–Kier alpha value is -1.91. The van der Waals surface area contributed by atoms with Crippen molar-refractivity contribution in [2.45, 2.75) is 24.9 Å². The lowest BCUT2D eigenvalue weighted by atomic mass is 9.87. The second-order valence-corrected chi connectivity index (χ2v) is 6.33. The molecule has 1 heterocycles. The number of hydrogen-bond acceptors (Lipinski definition) is 3. The van der Waals surface area contributed by atoms with Gasteiger partial charge in [-0.3, -0.25) is 4.90 Å². The Balaban J connectivity index is 1.59. The van der Waals surface area contributed by atoms with Gasteiger partial charge in [-0.05, 0) is 42.7 Å². The number of likely N-dealkylation sites (tertiary alicyclic amines) is 1. The quantitative estimate of drug-likeness (QED) is 0.889. The monoisotopic (exact) mass is 314 g/mol. The van der Waals surface area contributed by atoms with E-state index in [1.165, 1.54) is 17.7 Å². The minimum atomic E-state index is -0.314. The summed E-state index contributed by atoms with van der Waals surface area (Å²) in [5.74, 6) is -0.244. The van der Waals surface area contributed by atoms with Crippen LogP contribution in [-0.2, 0) is 6.54 Å². The van der Waals surface area contributed by atoms with E-state index in [4.69, 9.17) is 0 Å². The van der Waals surface area contributed by atoms with Crippen LogP contribution in [0.4, 0.5) is 10.1 Å². The Morgan fingerprint density at radius 3 is 2.26 bits per heavy atom. The van der Waals surface area contributed by atoms with Crippen LogP contribution in [0.5, 0.6) is 0 Å². The molecular formula is C19H23FN2O. The molecule has 0 aliphatic carbocycles. The lowest BCUT2D eigenvalue weighted by Gasteiger charge is -2.42. The summed E-state index contributed by atoms with van der Waals surface area (Å²) in [5.41, 5.74) is 1.86. The van der Waals surface area contributed by atoms with Crippen molar-refractivity contribution in [3.63, 3.8) is 0 Å². The highest BCUT2D eigenvalue weighted by molar-refractivity contribution is 5.45. The molecule has 1 fully saturated rings. The van der Waals surface area contributed by atoms with Gasteiger partial charge in [0.1, 0.15) is 5.82 Å². The topological polar surface area (TPSA) is 35.5 Å². The summed E-state index contributed by atoms with van der Waals surface area (Å²) in [7, 11) is 0. The fourth-order valence-corrected chi connectivity index (χ4v) is 3.14. The van der Waals surface area contributed by atoms with Crippen LogP contribution >= 0.6 is 0 Å².